The Kier molecular flexibility index (Phi) is 4.11. The second-order valence-corrected chi connectivity index (χ2v) is 3.68. The number of ether oxygens (including phenoxy) is 1. The zero-order valence-corrected chi connectivity index (χ0v) is 9.00. The molecule has 0 unspecified atom stereocenters. The highest BCUT2D eigenvalue weighted by Crippen LogP contribution is 2.10. The number of carbonyl (C=O) groups excluding carboxylic acids is 1. The van der Waals surface area contributed by atoms with Gasteiger partial charge in [0.1, 0.15) is 5.69 Å². The fraction of sp³-hybridized carbons (Fsp3) is 0.222. The van der Waals surface area contributed by atoms with Gasteiger partial charge in [0.2, 0.25) is 0 Å². The second-order valence-electron chi connectivity index (χ2n) is 2.66. The number of methoxy groups -OCH3 is 1. The third-order valence-electron chi connectivity index (χ3n) is 1.58. The van der Waals surface area contributed by atoms with Crippen molar-refractivity contribution >= 4 is 22.9 Å². The van der Waals surface area contributed by atoms with Gasteiger partial charge in [-0.1, -0.05) is 17.8 Å². The summed E-state index contributed by atoms with van der Waals surface area (Å²) in [6.07, 6.45) is 0. The van der Waals surface area contributed by atoms with Crippen molar-refractivity contribution in [3.05, 3.63) is 29.6 Å². The number of amidine groups is 1. The highest BCUT2D eigenvalue weighted by atomic mass is 32.2. The van der Waals surface area contributed by atoms with Gasteiger partial charge in [0.05, 0.1) is 12.8 Å². The molecular formula is C9H11N3O2S. The summed E-state index contributed by atoms with van der Waals surface area (Å²) < 4.78 is 4.54. The monoisotopic (exact) mass is 225 g/mol. The van der Waals surface area contributed by atoms with E-state index in [1.807, 2.05) is 0 Å². The average molecular weight is 225 g/mol. The van der Waals surface area contributed by atoms with Crippen molar-refractivity contribution in [3.8, 4) is 0 Å². The van der Waals surface area contributed by atoms with Crippen molar-refractivity contribution < 1.29 is 9.53 Å². The molecule has 15 heavy (non-hydrogen) atoms. The van der Waals surface area contributed by atoms with Gasteiger partial charge in [-0.3, -0.25) is 5.41 Å². The van der Waals surface area contributed by atoms with E-state index >= 15 is 0 Å². The number of thioether (sulfide) groups is 1. The van der Waals surface area contributed by atoms with Gasteiger partial charge in [-0.05, 0) is 12.1 Å². The first-order chi connectivity index (χ1) is 7.13. The van der Waals surface area contributed by atoms with Gasteiger partial charge in [0.15, 0.2) is 5.17 Å². The van der Waals surface area contributed by atoms with Gasteiger partial charge in [0, 0.05) is 5.75 Å². The lowest BCUT2D eigenvalue weighted by Crippen LogP contribution is -2.07. The van der Waals surface area contributed by atoms with Gasteiger partial charge in [-0.25, -0.2) is 9.78 Å². The van der Waals surface area contributed by atoms with Gasteiger partial charge >= 0.3 is 5.97 Å². The lowest BCUT2D eigenvalue weighted by Gasteiger charge is -2.02. The van der Waals surface area contributed by atoms with E-state index < -0.39 is 5.97 Å². The van der Waals surface area contributed by atoms with E-state index in [-0.39, 0.29) is 10.9 Å². The molecule has 0 atom stereocenters. The third-order valence-corrected chi connectivity index (χ3v) is 2.33. The number of pyridine rings is 1. The van der Waals surface area contributed by atoms with Crippen molar-refractivity contribution in [2.75, 3.05) is 7.11 Å². The quantitative estimate of drug-likeness (QED) is 0.455. The van der Waals surface area contributed by atoms with Gasteiger partial charge < -0.3 is 10.5 Å². The summed E-state index contributed by atoms with van der Waals surface area (Å²) in [4.78, 5) is 15.2. The van der Waals surface area contributed by atoms with E-state index in [9.17, 15) is 4.79 Å². The molecule has 0 bridgehead atoms. The Balaban J connectivity index is 2.74. The van der Waals surface area contributed by atoms with Crippen LogP contribution in [0.25, 0.3) is 0 Å². The van der Waals surface area contributed by atoms with E-state index in [0.717, 1.165) is 11.8 Å². The zero-order chi connectivity index (χ0) is 11.3. The molecule has 0 amide bonds. The number of rotatable bonds is 3. The molecular weight excluding hydrogens is 214 g/mol. The molecule has 0 aromatic carbocycles. The van der Waals surface area contributed by atoms with E-state index in [1.54, 1.807) is 18.2 Å². The Morgan fingerprint density at radius 3 is 3.00 bits per heavy atom. The molecule has 80 valence electrons. The van der Waals surface area contributed by atoms with Crippen molar-refractivity contribution in [3.63, 3.8) is 0 Å². The molecule has 6 heteroatoms. The third kappa shape index (κ3) is 3.59. The Morgan fingerprint density at radius 2 is 2.40 bits per heavy atom. The Labute approximate surface area is 91.5 Å². The molecule has 3 N–H and O–H groups in total. The van der Waals surface area contributed by atoms with Crippen LogP contribution >= 0.6 is 11.8 Å². The highest BCUT2D eigenvalue weighted by Gasteiger charge is 2.07. The Bertz CT molecular complexity index is 381. The Morgan fingerprint density at radius 1 is 1.67 bits per heavy atom. The summed E-state index contributed by atoms with van der Waals surface area (Å²) in [6, 6.07) is 5.06. The molecule has 0 saturated heterocycles. The number of nitrogens with one attached hydrogen (secondary N) is 1. The summed E-state index contributed by atoms with van der Waals surface area (Å²) in [5.74, 6) is 0.00449. The number of hydrogen-bond donors (Lipinski definition) is 2. The van der Waals surface area contributed by atoms with Gasteiger partial charge in [0.25, 0.3) is 0 Å². The summed E-state index contributed by atoms with van der Waals surface area (Å²) in [5.41, 5.74) is 6.15. The fourth-order valence-corrected chi connectivity index (χ4v) is 1.39. The minimum Gasteiger partial charge on any atom is -0.464 e. The van der Waals surface area contributed by atoms with E-state index in [0.29, 0.717) is 11.4 Å². The number of nitrogens with two attached hydrogens (primary N) is 1. The van der Waals surface area contributed by atoms with Gasteiger partial charge in [-0.2, -0.15) is 0 Å². The fourth-order valence-electron chi connectivity index (χ4n) is 0.930. The summed E-state index contributed by atoms with van der Waals surface area (Å²) in [5, 5.41) is 7.07. The maximum atomic E-state index is 11.1. The maximum absolute atomic E-state index is 11.1. The van der Waals surface area contributed by atoms with Crippen molar-refractivity contribution in [1.29, 1.82) is 5.41 Å². The first kappa shape index (κ1) is 11.5. The first-order valence-corrected chi connectivity index (χ1v) is 5.13. The van der Waals surface area contributed by atoms with Crippen LogP contribution in [0.2, 0.25) is 0 Å². The average Bonchev–Trinajstić information content (AvgIpc) is 2.25. The number of nitrogens with zero attached hydrogens (tertiary/aromatic N) is 1. The van der Waals surface area contributed by atoms with E-state index in [2.05, 4.69) is 9.72 Å². The van der Waals surface area contributed by atoms with Crippen LogP contribution < -0.4 is 5.73 Å². The lowest BCUT2D eigenvalue weighted by molar-refractivity contribution is 0.0594. The second kappa shape index (κ2) is 5.35. The number of carbonyl (C=O) groups is 1. The number of esters is 1. The van der Waals surface area contributed by atoms with Crippen LogP contribution in [0.15, 0.2) is 18.2 Å². The van der Waals surface area contributed by atoms with Crippen LogP contribution in [0.4, 0.5) is 0 Å². The molecule has 1 heterocycles. The molecule has 0 aliphatic carbocycles. The van der Waals surface area contributed by atoms with Crippen LogP contribution in [-0.4, -0.2) is 23.2 Å². The van der Waals surface area contributed by atoms with E-state index in [4.69, 9.17) is 11.1 Å². The van der Waals surface area contributed by atoms with Crippen molar-refractivity contribution in [2.24, 2.45) is 5.73 Å². The topological polar surface area (TPSA) is 89.1 Å². The molecule has 0 aliphatic rings. The lowest BCUT2D eigenvalue weighted by atomic mass is 10.3. The minimum atomic E-state index is -0.468. The van der Waals surface area contributed by atoms with Crippen LogP contribution in [0.3, 0.4) is 0 Å². The first-order valence-electron chi connectivity index (χ1n) is 4.14. The van der Waals surface area contributed by atoms with Crippen LogP contribution in [0.5, 0.6) is 0 Å². The van der Waals surface area contributed by atoms with E-state index in [1.165, 1.54) is 7.11 Å². The summed E-state index contributed by atoms with van der Waals surface area (Å²) in [7, 11) is 1.31. The molecule has 1 aromatic heterocycles. The van der Waals surface area contributed by atoms with Gasteiger partial charge in [-0.15, -0.1) is 0 Å². The summed E-state index contributed by atoms with van der Waals surface area (Å²) in [6.45, 7) is 0. The minimum absolute atomic E-state index is 0.0280. The molecule has 5 nitrogen and oxygen atoms in total. The van der Waals surface area contributed by atoms with Crippen molar-refractivity contribution in [2.45, 2.75) is 5.75 Å². The van der Waals surface area contributed by atoms with Crippen LogP contribution in [-0.2, 0) is 10.5 Å². The molecule has 0 spiro atoms. The zero-order valence-electron chi connectivity index (χ0n) is 8.19. The smallest absolute Gasteiger partial charge is 0.356 e. The standard InChI is InChI=1S/C9H11N3O2S/c1-14-8(13)7-4-2-3-6(12-7)5-15-9(10)11/h2-4H,5H2,1H3,(H3,10,11). The maximum Gasteiger partial charge on any atom is 0.356 e. The predicted molar refractivity (Wildman–Crippen MR) is 58.8 cm³/mol. The molecule has 0 radical (unpaired) electrons. The highest BCUT2D eigenvalue weighted by molar-refractivity contribution is 8.13. The number of hydrogen-bond acceptors (Lipinski definition) is 5. The molecule has 0 saturated carbocycles. The van der Waals surface area contributed by atoms with Crippen LogP contribution in [0.1, 0.15) is 16.2 Å². The predicted octanol–water partition coefficient (Wildman–Crippen LogP) is 0.995. The van der Waals surface area contributed by atoms with Crippen LogP contribution in [0, 0.1) is 5.41 Å². The molecule has 0 aliphatic heterocycles. The molecule has 0 fully saturated rings. The Hall–Kier alpha value is -1.56. The SMILES string of the molecule is COC(=O)c1cccc(CSC(=N)N)n1. The largest absolute Gasteiger partial charge is 0.464 e. The summed E-state index contributed by atoms with van der Waals surface area (Å²) >= 11 is 1.16. The normalized spacial score (nSPS) is 9.67. The molecule has 1 rings (SSSR count). The van der Waals surface area contributed by atoms with Crippen molar-refractivity contribution in [1.82, 2.24) is 4.98 Å². The molecule has 1 aromatic rings. The number of aromatic nitrogens is 1.